The first-order valence-electron chi connectivity index (χ1n) is 5.63. The summed E-state index contributed by atoms with van der Waals surface area (Å²) in [6.07, 6.45) is 0.132. The predicted molar refractivity (Wildman–Crippen MR) is 74.8 cm³/mol. The van der Waals surface area contributed by atoms with E-state index in [1.807, 2.05) is 0 Å². The van der Waals surface area contributed by atoms with E-state index in [0.717, 1.165) is 5.69 Å². The maximum absolute atomic E-state index is 11.9. The van der Waals surface area contributed by atoms with Gasteiger partial charge in [-0.15, -0.1) is 0 Å². The van der Waals surface area contributed by atoms with Gasteiger partial charge in [0.15, 0.2) is 5.89 Å². The van der Waals surface area contributed by atoms with Gasteiger partial charge in [0, 0.05) is 12.6 Å². The van der Waals surface area contributed by atoms with Crippen LogP contribution in [-0.4, -0.2) is 10.9 Å². The Hall–Kier alpha value is -1.52. The van der Waals surface area contributed by atoms with Gasteiger partial charge in [0.2, 0.25) is 5.91 Å². The molecule has 0 bridgehead atoms. The quantitative estimate of drug-likeness (QED) is 0.938. The number of aromatic nitrogens is 1. The molecule has 2 aromatic rings. The van der Waals surface area contributed by atoms with E-state index >= 15 is 0 Å². The first-order valence-corrected chi connectivity index (χ1v) is 6.39. The summed E-state index contributed by atoms with van der Waals surface area (Å²) in [6, 6.07) is 4.91. The molecule has 0 aliphatic carbocycles. The highest BCUT2D eigenvalue weighted by atomic mass is 35.5. The second kappa shape index (κ2) is 5.63. The molecule has 1 amide bonds. The summed E-state index contributed by atoms with van der Waals surface area (Å²) in [7, 11) is 0. The van der Waals surface area contributed by atoms with E-state index in [0.29, 0.717) is 27.4 Å². The minimum Gasteiger partial charge on any atom is -0.445 e. The maximum atomic E-state index is 11.9. The van der Waals surface area contributed by atoms with Crippen LogP contribution in [0.15, 0.2) is 22.6 Å². The fourth-order valence-electron chi connectivity index (χ4n) is 1.66. The van der Waals surface area contributed by atoms with Crippen molar-refractivity contribution in [2.75, 3.05) is 5.32 Å². The van der Waals surface area contributed by atoms with Crippen LogP contribution in [0.2, 0.25) is 10.0 Å². The monoisotopic (exact) mass is 298 g/mol. The van der Waals surface area contributed by atoms with Crippen LogP contribution in [0.3, 0.4) is 0 Å². The highest BCUT2D eigenvalue weighted by Gasteiger charge is 2.12. The van der Waals surface area contributed by atoms with E-state index in [-0.39, 0.29) is 12.3 Å². The van der Waals surface area contributed by atoms with Gasteiger partial charge in [-0.2, -0.15) is 0 Å². The van der Waals surface area contributed by atoms with Crippen LogP contribution in [0, 0.1) is 13.8 Å². The Labute approximate surface area is 120 Å². The fourth-order valence-corrected chi connectivity index (χ4v) is 1.96. The molecule has 0 aliphatic heterocycles. The molecular formula is C13H12Cl2N2O2. The first-order chi connectivity index (χ1) is 8.95. The smallest absolute Gasteiger partial charge is 0.232 e. The van der Waals surface area contributed by atoms with Gasteiger partial charge >= 0.3 is 0 Å². The molecular weight excluding hydrogens is 287 g/mol. The third-order valence-corrected chi connectivity index (χ3v) is 3.26. The van der Waals surface area contributed by atoms with Crippen LogP contribution >= 0.6 is 23.2 Å². The zero-order valence-corrected chi connectivity index (χ0v) is 12.0. The summed E-state index contributed by atoms with van der Waals surface area (Å²) < 4.78 is 5.35. The topological polar surface area (TPSA) is 55.1 Å². The van der Waals surface area contributed by atoms with Gasteiger partial charge in [0.05, 0.1) is 22.2 Å². The number of anilines is 1. The number of carbonyl (C=O) groups is 1. The molecule has 1 heterocycles. The minimum absolute atomic E-state index is 0.132. The number of amides is 1. The van der Waals surface area contributed by atoms with Crippen LogP contribution in [0.25, 0.3) is 0 Å². The number of nitrogens with zero attached hydrogens (tertiary/aromatic N) is 1. The van der Waals surface area contributed by atoms with Crippen molar-refractivity contribution in [1.29, 1.82) is 0 Å². The predicted octanol–water partition coefficient (Wildman–Crippen LogP) is 3.78. The first kappa shape index (κ1) is 13.9. The molecule has 6 heteroatoms. The van der Waals surface area contributed by atoms with Crippen molar-refractivity contribution >= 4 is 34.8 Å². The van der Waals surface area contributed by atoms with Crippen LogP contribution in [0.1, 0.15) is 17.3 Å². The van der Waals surface area contributed by atoms with Crippen molar-refractivity contribution in [3.05, 3.63) is 45.6 Å². The Morgan fingerprint density at radius 1 is 1.32 bits per heavy atom. The van der Waals surface area contributed by atoms with Crippen LogP contribution in [0.4, 0.5) is 5.69 Å². The molecule has 1 N–H and O–H groups in total. The van der Waals surface area contributed by atoms with Crippen molar-refractivity contribution < 1.29 is 9.21 Å². The Morgan fingerprint density at radius 3 is 2.63 bits per heavy atom. The third kappa shape index (κ3) is 3.49. The van der Waals surface area contributed by atoms with Gasteiger partial charge in [-0.1, -0.05) is 23.2 Å². The van der Waals surface area contributed by atoms with Gasteiger partial charge < -0.3 is 9.73 Å². The second-order valence-electron chi connectivity index (χ2n) is 4.10. The second-order valence-corrected chi connectivity index (χ2v) is 4.91. The molecule has 0 saturated heterocycles. The lowest BCUT2D eigenvalue weighted by atomic mass is 10.2. The third-order valence-electron chi connectivity index (χ3n) is 2.52. The number of benzene rings is 1. The van der Waals surface area contributed by atoms with E-state index in [9.17, 15) is 4.79 Å². The summed E-state index contributed by atoms with van der Waals surface area (Å²) in [5.74, 6) is 0.919. The maximum Gasteiger partial charge on any atom is 0.232 e. The molecule has 100 valence electrons. The number of oxazole rings is 1. The molecule has 0 aliphatic rings. The zero-order valence-electron chi connectivity index (χ0n) is 10.5. The van der Waals surface area contributed by atoms with E-state index in [2.05, 4.69) is 10.3 Å². The van der Waals surface area contributed by atoms with Gasteiger partial charge in [0.25, 0.3) is 0 Å². The molecule has 0 atom stereocenters. The number of hydrogen-bond acceptors (Lipinski definition) is 3. The average Bonchev–Trinajstić information content (AvgIpc) is 2.62. The number of carbonyl (C=O) groups excluding carboxylic acids is 1. The highest BCUT2D eigenvalue weighted by molar-refractivity contribution is 6.42. The Balaban J connectivity index is 2.05. The zero-order chi connectivity index (χ0) is 14.0. The molecule has 0 unspecified atom stereocenters. The van der Waals surface area contributed by atoms with E-state index in [4.69, 9.17) is 27.6 Å². The SMILES string of the molecule is Cc1nc(C)c(CC(=O)Nc2ccc(Cl)c(Cl)c2)o1. The van der Waals surface area contributed by atoms with Crippen molar-refractivity contribution in [1.82, 2.24) is 4.98 Å². The lowest BCUT2D eigenvalue weighted by molar-refractivity contribution is -0.115. The summed E-state index contributed by atoms with van der Waals surface area (Å²) in [5.41, 5.74) is 1.31. The lowest BCUT2D eigenvalue weighted by Crippen LogP contribution is -2.14. The van der Waals surface area contributed by atoms with E-state index in [1.54, 1.807) is 32.0 Å². The molecule has 4 nitrogen and oxygen atoms in total. The van der Waals surface area contributed by atoms with Crippen molar-refractivity contribution in [3.8, 4) is 0 Å². The molecule has 0 spiro atoms. The van der Waals surface area contributed by atoms with E-state index < -0.39 is 0 Å². The molecule has 19 heavy (non-hydrogen) atoms. The van der Waals surface area contributed by atoms with Gasteiger partial charge in [0.1, 0.15) is 5.76 Å². The van der Waals surface area contributed by atoms with Crippen LogP contribution < -0.4 is 5.32 Å². The Morgan fingerprint density at radius 2 is 2.05 bits per heavy atom. The van der Waals surface area contributed by atoms with Crippen molar-refractivity contribution in [2.24, 2.45) is 0 Å². The van der Waals surface area contributed by atoms with Gasteiger partial charge in [-0.3, -0.25) is 4.79 Å². The average molecular weight is 299 g/mol. The Kier molecular flexibility index (Phi) is 4.12. The molecule has 0 radical (unpaired) electrons. The number of hydrogen-bond donors (Lipinski definition) is 1. The van der Waals surface area contributed by atoms with Crippen molar-refractivity contribution in [3.63, 3.8) is 0 Å². The van der Waals surface area contributed by atoms with Crippen LogP contribution in [-0.2, 0) is 11.2 Å². The number of rotatable bonds is 3. The minimum atomic E-state index is -0.197. The van der Waals surface area contributed by atoms with Gasteiger partial charge in [-0.25, -0.2) is 4.98 Å². The lowest BCUT2D eigenvalue weighted by Gasteiger charge is -2.05. The molecule has 2 rings (SSSR count). The normalized spacial score (nSPS) is 10.5. The standard InChI is InChI=1S/C13H12Cl2N2O2/c1-7-12(19-8(2)16-7)6-13(18)17-9-3-4-10(14)11(15)5-9/h3-5H,6H2,1-2H3,(H,17,18). The highest BCUT2D eigenvalue weighted by Crippen LogP contribution is 2.25. The summed E-state index contributed by atoms with van der Waals surface area (Å²) in [6.45, 7) is 3.55. The number of nitrogens with one attached hydrogen (secondary N) is 1. The molecule has 0 fully saturated rings. The van der Waals surface area contributed by atoms with Gasteiger partial charge in [-0.05, 0) is 25.1 Å². The summed E-state index contributed by atoms with van der Waals surface area (Å²) in [4.78, 5) is 16.0. The van der Waals surface area contributed by atoms with Crippen LogP contribution in [0.5, 0.6) is 0 Å². The largest absolute Gasteiger partial charge is 0.445 e. The number of aryl methyl sites for hydroxylation is 2. The fraction of sp³-hybridized carbons (Fsp3) is 0.231. The Bertz CT molecular complexity index is 623. The molecule has 0 saturated carbocycles. The molecule has 1 aromatic heterocycles. The summed E-state index contributed by atoms with van der Waals surface area (Å²) in [5, 5.41) is 3.57. The summed E-state index contributed by atoms with van der Waals surface area (Å²) >= 11 is 11.7. The number of halogens is 2. The molecule has 1 aromatic carbocycles. The van der Waals surface area contributed by atoms with E-state index in [1.165, 1.54) is 0 Å². The van der Waals surface area contributed by atoms with Crippen molar-refractivity contribution in [2.45, 2.75) is 20.3 Å².